The molecule has 20 heavy (non-hydrogen) atoms. The lowest BCUT2D eigenvalue weighted by Gasteiger charge is -2.13. The van der Waals surface area contributed by atoms with Crippen molar-refractivity contribution in [3.8, 4) is 0 Å². The van der Waals surface area contributed by atoms with Crippen LogP contribution in [0.4, 0.5) is 5.69 Å². The van der Waals surface area contributed by atoms with E-state index in [1.807, 2.05) is 18.2 Å². The van der Waals surface area contributed by atoms with Gasteiger partial charge in [-0.05, 0) is 30.2 Å². The van der Waals surface area contributed by atoms with Crippen LogP contribution in [0.5, 0.6) is 0 Å². The summed E-state index contributed by atoms with van der Waals surface area (Å²) in [6, 6.07) is 7.28. The Hall–Kier alpha value is -2.62. The largest absolute Gasteiger partial charge is 0.497 e. The summed E-state index contributed by atoms with van der Waals surface area (Å²) in [4.78, 5) is 24.2. The van der Waals surface area contributed by atoms with Crippen LogP contribution in [0.2, 0.25) is 0 Å². The minimum atomic E-state index is -0.305. The summed E-state index contributed by atoms with van der Waals surface area (Å²) in [5.74, 6) is -0.610. The topological polar surface area (TPSA) is 46.6 Å². The predicted molar refractivity (Wildman–Crippen MR) is 77.1 cm³/mol. The van der Waals surface area contributed by atoms with Gasteiger partial charge in [-0.25, -0.2) is 4.90 Å². The van der Waals surface area contributed by atoms with Crippen molar-refractivity contribution < 1.29 is 14.3 Å². The van der Waals surface area contributed by atoms with Gasteiger partial charge in [0.1, 0.15) is 6.61 Å². The first-order chi connectivity index (χ1) is 9.72. The summed E-state index contributed by atoms with van der Waals surface area (Å²) in [7, 11) is 0. The summed E-state index contributed by atoms with van der Waals surface area (Å²) in [6.07, 6.45) is 8.47. The molecule has 0 aliphatic carbocycles. The van der Waals surface area contributed by atoms with E-state index in [1.165, 1.54) is 12.2 Å². The Morgan fingerprint density at radius 1 is 1.10 bits per heavy atom. The van der Waals surface area contributed by atoms with Crippen molar-refractivity contribution in [3.63, 3.8) is 0 Å². The Morgan fingerprint density at radius 3 is 2.35 bits per heavy atom. The minimum Gasteiger partial charge on any atom is -0.497 e. The molecule has 0 atom stereocenters. The van der Waals surface area contributed by atoms with Crippen LogP contribution in [-0.2, 0) is 20.7 Å². The number of amides is 2. The summed E-state index contributed by atoms with van der Waals surface area (Å²) < 4.78 is 5.13. The Bertz CT molecular complexity index is 552. The molecule has 0 N–H and O–H groups in total. The molecule has 2 amide bonds. The van der Waals surface area contributed by atoms with E-state index in [2.05, 4.69) is 6.58 Å². The first-order valence-electron chi connectivity index (χ1n) is 6.25. The highest BCUT2D eigenvalue weighted by atomic mass is 16.5. The van der Waals surface area contributed by atoms with Crippen LogP contribution in [0.3, 0.4) is 0 Å². The Balaban J connectivity index is 1.96. The molecule has 0 spiro atoms. The van der Waals surface area contributed by atoms with Crippen molar-refractivity contribution in [3.05, 3.63) is 67.0 Å². The van der Waals surface area contributed by atoms with Crippen LogP contribution in [0.15, 0.2) is 61.4 Å². The first-order valence-corrected chi connectivity index (χ1v) is 6.25. The monoisotopic (exact) mass is 269 g/mol. The van der Waals surface area contributed by atoms with Crippen molar-refractivity contribution in [2.45, 2.75) is 6.42 Å². The van der Waals surface area contributed by atoms with E-state index in [9.17, 15) is 9.59 Å². The smallest absolute Gasteiger partial charge is 0.258 e. The van der Waals surface area contributed by atoms with E-state index in [-0.39, 0.29) is 11.8 Å². The molecule has 1 aromatic rings. The van der Waals surface area contributed by atoms with Gasteiger partial charge in [-0.15, -0.1) is 0 Å². The fourth-order valence-corrected chi connectivity index (χ4v) is 1.81. The van der Waals surface area contributed by atoms with Gasteiger partial charge in [0, 0.05) is 12.2 Å². The van der Waals surface area contributed by atoms with Crippen molar-refractivity contribution in [1.29, 1.82) is 0 Å². The normalized spacial score (nSPS) is 14.3. The van der Waals surface area contributed by atoms with E-state index >= 15 is 0 Å². The predicted octanol–water partition coefficient (Wildman–Crippen LogP) is 2.37. The third kappa shape index (κ3) is 3.23. The third-order valence-electron chi connectivity index (χ3n) is 2.76. The van der Waals surface area contributed by atoms with Crippen LogP contribution in [-0.4, -0.2) is 18.4 Å². The second-order valence-electron chi connectivity index (χ2n) is 4.21. The second-order valence-corrected chi connectivity index (χ2v) is 4.21. The molecule has 0 bridgehead atoms. The molecule has 1 heterocycles. The van der Waals surface area contributed by atoms with E-state index in [4.69, 9.17) is 4.74 Å². The van der Waals surface area contributed by atoms with E-state index in [1.54, 1.807) is 24.5 Å². The Kier molecular flexibility index (Phi) is 4.50. The molecule has 102 valence electrons. The van der Waals surface area contributed by atoms with Gasteiger partial charge in [-0.3, -0.25) is 9.59 Å². The van der Waals surface area contributed by atoms with Crippen molar-refractivity contribution in [2.24, 2.45) is 0 Å². The van der Waals surface area contributed by atoms with Crippen molar-refractivity contribution >= 4 is 17.5 Å². The number of hydrogen-bond donors (Lipinski definition) is 0. The Morgan fingerprint density at radius 2 is 1.75 bits per heavy atom. The van der Waals surface area contributed by atoms with Crippen LogP contribution in [0, 0.1) is 0 Å². The number of rotatable bonds is 6. The number of nitrogens with zero attached hydrogens (tertiary/aromatic N) is 1. The molecule has 0 saturated heterocycles. The highest BCUT2D eigenvalue weighted by Gasteiger charge is 2.24. The van der Waals surface area contributed by atoms with Crippen molar-refractivity contribution in [1.82, 2.24) is 0 Å². The highest BCUT2D eigenvalue weighted by Crippen LogP contribution is 2.19. The lowest BCUT2D eigenvalue weighted by molar-refractivity contribution is -0.119. The van der Waals surface area contributed by atoms with Crippen molar-refractivity contribution in [2.75, 3.05) is 11.5 Å². The summed E-state index contributed by atoms with van der Waals surface area (Å²) in [6.45, 7) is 4.04. The minimum absolute atomic E-state index is 0.305. The van der Waals surface area contributed by atoms with E-state index < -0.39 is 0 Å². The summed E-state index contributed by atoms with van der Waals surface area (Å²) in [5, 5.41) is 0. The Labute approximate surface area is 117 Å². The van der Waals surface area contributed by atoms with Crippen LogP contribution >= 0.6 is 0 Å². The fourth-order valence-electron chi connectivity index (χ4n) is 1.81. The zero-order valence-corrected chi connectivity index (χ0v) is 11.0. The first kappa shape index (κ1) is 13.8. The number of ether oxygens (including phenoxy) is 1. The molecule has 1 aromatic carbocycles. The quantitative estimate of drug-likeness (QED) is 0.345. The molecule has 4 nitrogen and oxygen atoms in total. The number of allylic oxidation sites excluding steroid dienone is 1. The molecule has 0 radical (unpaired) electrons. The van der Waals surface area contributed by atoms with Crippen LogP contribution in [0.1, 0.15) is 5.56 Å². The zero-order chi connectivity index (χ0) is 14.4. The molecule has 0 unspecified atom stereocenters. The fraction of sp³-hybridized carbons (Fsp3) is 0.125. The molecular formula is C16H15NO3. The maximum atomic E-state index is 11.5. The van der Waals surface area contributed by atoms with Gasteiger partial charge in [0.15, 0.2) is 0 Å². The maximum absolute atomic E-state index is 11.5. The summed E-state index contributed by atoms with van der Waals surface area (Å²) >= 11 is 0. The number of hydrogen-bond acceptors (Lipinski definition) is 3. The van der Waals surface area contributed by atoms with Gasteiger partial charge < -0.3 is 4.74 Å². The SMILES string of the molecule is C=CCOC=CCc1ccc(N2C(=O)C=CC2=O)cc1. The number of carbonyl (C=O) groups is 2. The number of carbonyl (C=O) groups excluding carboxylic acids is 2. The number of anilines is 1. The molecular weight excluding hydrogens is 254 g/mol. The lowest BCUT2D eigenvalue weighted by Crippen LogP contribution is -2.29. The molecule has 4 heteroatoms. The third-order valence-corrected chi connectivity index (χ3v) is 2.76. The van der Waals surface area contributed by atoms with Gasteiger partial charge >= 0.3 is 0 Å². The van der Waals surface area contributed by atoms with Gasteiger partial charge in [-0.2, -0.15) is 0 Å². The van der Waals surface area contributed by atoms with Gasteiger partial charge in [0.25, 0.3) is 11.8 Å². The van der Waals surface area contributed by atoms with Gasteiger partial charge in [-0.1, -0.05) is 24.8 Å². The second kappa shape index (κ2) is 6.52. The standard InChI is InChI=1S/C16H15NO3/c1-2-11-20-12-3-4-13-5-7-14(8-6-13)17-15(18)9-10-16(17)19/h2-3,5-10,12H,1,4,11H2. The average Bonchev–Trinajstić information content (AvgIpc) is 2.79. The molecule has 0 aromatic heterocycles. The molecule has 0 saturated carbocycles. The molecule has 1 aliphatic rings. The maximum Gasteiger partial charge on any atom is 0.258 e. The average molecular weight is 269 g/mol. The van der Waals surface area contributed by atoms with E-state index in [0.29, 0.717) is 12.3 Å². The number of imide groups is 1. The van der Waals surface area contributed by atoms with Gasteiger partial charge in [0.2, 0.25) is 0 Å². The van der Waals surface area contributed by atoms with Crippen LogP contribution < -0.4 is 4.90 Å². The lowest BCUT2D eigenvalue weighted by atomic mass is 10.1. The molecule has 2 rings (SSSR count). The van der Waals surface area contributed by atoms with Gasteiger partial charge in [0.05, 0.1) is 11.9 Å². The molecule has 1 aliphatic heterocycles. The molecule has 0 fully saturated rings. The summed E-state index contributed by atoms with van der Waals surface area (Å²) in [5.41, 5.74) is 1.65. The zero-order valence-electron chi connectivity index (χ0n) is 11.0. The number of benzene rings is 1. The van der Waals surface area contributed by atoms with Crippen LogP contribution in [0.25, 0.3) is 0 Å². The highest BCUT2D eigenvalue weighted by molar-refractivity contribution is 6.28. The van der Waals surface area contributed by atoms with E-state index in [0.717, 1.165) is 16.9 Å².